The third-order valence-electron chi connectivity index (χ3n) is 2.56. The summed E-state index contributed by atoms with van der Waals surface area (Å²) in [5.74, 6) is 0.844. The quantitative estimate of drug-likeness (QED) is 0.556. The third kappa shape index (κ3) is 4.02. The first-order valence-electron chi connectivity index (χ1n) is 6.20. The number of para-hydroxylation sites is 1. The molecule has 0 heterocycles. The van der Waals surface area contributed by atoms with Crippen molar-refractivity contribution >= 4 is 12.2 Å². The topological polar surface area (TPSA) is 9.23 Å². The fraction of sp³-hybridized carbons (Fsp3) is 0.0556. The fourth-order valence-corrected chi connectivity index (χ4v) is 1.66. The summed E-state index contributed by atoms with van der Waals surface area (Å²) in [5, 5.41) is 0. The molecule has 0 atom stereocenters. The van der Waals surface area contributed by atoms with Gasteiger partial charge in [0, 0.05) is 5.56 Å². The van der Waals surface area contributed by atoms with Crippen LogP contribution in [0.1, 0.15) is 11.1 Å². The summed E-state index contributed by atoms with van der Waals surface area (Å²) in [6.45, 7) is 4.16. The Kier molecular flexibility index (Phi) is 4.80. The van der Waals surface area contributed by atoms with E-state index >= 15 is 0 Å². The summed E-state index contributed by atoms with van der Waals surface area (Å²) in [4.78, 5) is 0. The highest BCUT2D eigenvalue weighted by molar-refractivity contribution is 5.61. The van der Waals surface area contributed by atoms with Crippen LogP contribution in [0.2, 0.25) is 0 Å². The summed E-state index contributed by atoms with van der Waals surface area (Å²) in [7, 11) is 0. The lowest BCUT2D eigenvalue weighted by atomic mass is 10.2. The molecular formula is C18H16O. The van der Waals surface area contributed by atoms with Crippen molar-refractivity contribution in [2.45, 2.75) is 0 Å². The van der Waals surface area contributed by atoms with E-state index in [0.29, 0.717) is 6.61 Å². The molecule has 0 spiro atoms. The zero-order chi connectivity index (χ0) is 13.3. The van der Waals surface area contributed by atoms with Crippen LogP contribution in [0.15, 0.2) is 73.0 Å². The van der Waals surface area contributed by atoms with Crippen LogP contribution in [0, 0.1) is 0 Å². The highest BCUT2D eigenvalue weighted by Crippen LogP contribution is 2.19. The van der Waals surface area contributed by atoms with Crippen molar-refractivity contribution in [1.82, 2.24) is 0 Å². The molecule has 0 aliphatic rings. The Hall–Kier alpha value is -2.50. The number of hydrogen-bond acceptors (Lipinski definition) is 1. The fourth-order valence-electron chi connectivity index (χ4n) is 1.66. The number of hydrogen-bond donors (Lipinski definition) is 0. The van der Waals surface area contributed by atoms with Gasteiger partial charge < -0.3 is 4.74 Å². The van der Waals surface area contributed by atoms with Crippen molar-refractivity contribution in [2.75, 3.05) is 6.61 Å². The SMILES string of the molecule is C=CCOc1ccccc1C=C=Cc1ccccc1. The maximum atomic E-state index is 5.59. The molecule has 0 amide bonds. The van der Waals surface area contributed by atoms with Crippen LogP contribution < -0.4 is 4.74 Å². The maximum Gasteiger partial charge on any atom is 0.127 e. The van der Waals surface area contributed by atoms with Crippen molar-refractivity contribution < 1.29 is 4.74 Å². The third-order valence-corrected chi connectivity index (χ3v) is 2.56. The molecule has 0 unspecified atom stereocenters. The normalized spacial score (nSPS) is 9.26. The van der Waals surface area contributed by atoms with Gasteiger partial charge >= 0.3 is 0 Å². The molecule has 0 aliphatic heterocycles. The first kappa shape index (κ1) is 12.9. The second kappa shape index (κ2) is 7.05. The van der Waals surface area contributed by atoms with Crippen LogP contribution in [-0.4, -0.2) is 6.61 Å². The minimum atomic E-state index is 0.507. The molecular weight excluding hydrogens is 232 g/mol. The Morgan fingerprint density at radius 3 is 2.47 bits per heavy atom. The van der Waals surface area contributed by atoms with Gasteiger partial charge in [-0.15, -0.1) is 5.73 Å². The van der Waals surface area contributed by atoms with Gasteiger partial charge in [-0.3, -0.25) is 0 Å². The molecule has 1 heteroatoms. The molecule has 2 aromatic carbocycles. The lowest BCUT2D eigenvalue weighted by Crippen LogP contribution is -1.94. The molecule has 0 aromatic heterocycles. The van der Waals surface area contributed by atoms with Gasteiger partial charge in [-0.2, -0.15) is 0 Å². The van der Waals surface area contributed by atoms with E-state index in [-0.39, 0.29) is 0 Å². The minimum absolute atomic E-state index is 0.507. The van der Waals surface area contributed by atoms with E-state index in [1.165, 1.54) is 0 Å². The predicted molar refractivity (Wildman–Crippen MR) is 81.0 cm³/mol. The molecule has 0 saturated carbocycles. The van der Waals surface area contributed by atoms with Gasteiger partial charge in [-0.25, -0.2) is 0 Å². The monoisotopic (exact) mass is 248 g/mol. The van der Waals surface area contributed by atoms with E-state index in [9.17, 15) is 0 Å². The highest BCUT2D eigenvalue weighted by atomic mass is 16.5. The summed E-state index contributed by atoms with van der Waals surface area (Å²) in [6.07, 6.45) is 5.61. The Bertz CT molecular complexity index is 590. The first-order chi connectivity index (χ1) is 9.40. The number of rotatable bonds is 5. The van der Waals surface area contributed by atoms with E-state index in [1.54, 1.807) is 6.08 Å². The molecule has 0 radical (unpaired) electrons. The Labute approximate surface area is 114 Å². The van der Waals surface area contributed by atoms with Gasteiger partial charge in [0.1, 0.15) is 12.4 Å². The standard InChI is InChI=1S/C18H16O/c1-2-15-19-18-14-7-6-12-17(18)13-8-11-16-9-4-3-5-10-16/h2-7,9-14H,1,15H2. The lowest BCUT2D eigenvalue weighted by molar-refractivity contribution is 0.362. The second-order valence-electron chi connectivity index (χ2n) is 4.00. The average Bonchev–Trinajstić information content (AvgIpc) is 2.47. The zero-order valence-corrected chi connectivity index (χ0v) is 10.8. The van der Waals surface area contributed by atoms with Gasteiger partial charge in [-0.05, 0) is 23.8 Å². The maximum absolute atomic E-state index is 5.59. The van der Waals surface area contributed by atoms with Crippen LogP contribution in [0.4, 0.5) is 0 Å². The van der Waals surface area contributed by atoms with E-state index in [2.05, 4.69) is 12.3 Å². The van der Waals surface area contributed by atoms with Crippen LogP contribution in [0.25, 0.3) is 12.2 Å². The molecule has 0 bridgehead atoms. The van der Waals surface area contributed by atoms with Crippen LogP contribution in [0.3, 0.4) is 0 Å². The Morgan fingerprint density at radius 1 is 0.947 bits per heavy atom. The molecule has 0 aliphatic carbocycles. The van der Waals surface area contributed by atoms with Crippen molar-refractivity contribution in [3.05, 3.63) is 84.1 Å². The van der Waals surface area contributed by atoms with Gasteiger partial charge in [0.15, 0.2) is 0 Å². The summed E-state index contributed by atoms with van der Waals surface area (Å²) >= 11 is 0. The van der Waals surface area contributed by atoms with E-state index in [1.807, 2.05) is 66.7 Å². The van der Waals surface area contributed by atoms with Gasteiger partial charge in [0.25, 0.3) is 0 Å². The van der Waals surface area contributed by atoms with Crippen LogP contribution >= 0.6 is 0 Å². The predicted octanol–water partition coefficient (Wildman–Crippen LogP) is 4.58. The molecule has 0 fully saturated rings. The van der Waals surface area contributed by atoms with E-state index in [0.717, 1.165) is 16.9 Å². The van der Waals surface area contributed by atoms with E-state index < -0.39 is 0 Å². The summed E-state index contributed by atoms with van der Waals surface area (Å²) in [6, 6.07) is 18.0. The zero-order valence-electron chi connectivity index (χ0n) is 10.8. The molecule has 0 N–H and O–H groups in total. The molecule has 1 nitrogen and oxygen atoms in total. The van der Waals surface area contributed by atoms with Crippen molar-refractivity contribution in [3.8, 4) is 5.75 Å². The van der Waals surface area contributed by atoms with Crippen molar-refractivity contribution in [1.29, 1.82) is 0 Å². The molecule has 2 rings (SSSR count). The summed E-state index contributed by atoms with van der Waals surface area (Å²) in [5.41, 5.74) is 5.32. The molecule has 2 aromatic rings. The largest absolute Gasteiger partial charge is 0.489 e. The minimum Gasteiger partial charge on any atom is -0.489 e. The van der Waals surface area contributed by atoms with Gasteiger partial charge in [-0.1, -0.05) is 61.2 Å². The molecule has 19 heavy (non-hydrogen) atoms. The molecule has 0 saturated heterocycles. The van der Waals surface area contributed by atoms with E-state index in [4.69, 9.17) is 4.74 Å². The van der Waals surface area contributed by atoms with Crippen LogP contribution in [-0.2, 0) is 0 Å². The van der Waals surface area contributed by atoms with Gasteiger partial charge in [0.05, 0.1) is 0 Å². The van der Waals surface area contributed by atoms with Crippen LogP contribution in [0.5, 0.6) is 5.75 Å². The smallest absolute Gasteiger partial charge is 0.127 e. The van der Waals surface area contributed by atoms with Crippen molar-refractivity contribution in [3.63, 3.8) is 0 Å². The Balaban J connectivity index is 2.18. The van der Waals surface area contributed by atoms with Crippen molar-refractivity contribution in [2.24, 2.45) is 0 Å². The Morgan fingerprint density at radius 2 is 1.68 bits per heavy atom. The second-order valence-corrected chi connectivity index (χ2v) is 4.00. The van der Waals surface area contributed by atoms with Gasteiger partial charge in [0.2, 0.25) is 0 Å². The first-order valence-corrected chi connectivity index (χ1v) is 6.20. The lowest BCUT2D eigenvalue weighted by Gasteiger charge is -2.05. The number of benzene rings is 2. The summed E-state index contributed by atoms with van der Waals surface area (Å²) < 4.78 is 5.59. The number of ether oxygens (including phenoxy) is 1. The average molecular weight is 248 g/mol. The highest BCUT2D eigenvalue weighted by Gasteiger charge is 1.97. The molecule has 94 valence electrons.